The molecule has 0 spiro atoms. The summed E-state index contributed by atoms with van der Waals surface area (Å²) in [5, 5.41) is 0. The molecule has 0 aromatic heterocycles. The Morgan fingerprint density at radius 1 is 1.08 bits per heavy atom. The first-order valence-electron chi connectivity index (χ1n) is 9.43. The Labute approximate surface area is 150 Å². The van der Waals surface area contributed by atoms with Gasteiger partial charge in [-0.3, -0.25) is 14.5 Å². The number of hydrogen-bond donors (Lipinski definition) is 1. The van der Waals surface area contributed by atoms with Crippen molar-refractivity contribution in [3.05, 3.63) is 35.9 Å². The molecule has 2 atom stereocenters. The van der Waals surface area contributed by atoms with Crippen LogP contribution in [0.5, 0.6) is 0 Å². The summed E-state index contributed by atoms with van der Waals surface area (Å²) in [5.74, 6) is 0.264. The van der Waals surface area contributed by atoms with Gasteiger partial charge in [0.05, 0.1) is 12.0 Å². The predicted octanol–water partition coefficient (Wildman–Crippen LogP) is 1.98. The fourth-order valence-electron chi connectivity index (χ4n) is 4.18. The van der Waals surface area contributed by atoms with E-state index in [0.717, 1.165) is 45.3 Å². The molecule has 2 saturated heterocycles. The van der Waals surface area contributed by atoms with Crippen LogP contribution in [0.2, 0.25) is 0 Å². The average Bonchev–Trinajstić information content (AvgIpc) is 2.67. The second kappa shape index (κ2) is 8.00. The van der Waals surface area contributed by atoms with E-state index in [1.54, 1.807) is 0 Å². The number of nitrogens with two attached hydrogens (primary N) is 1. The number of carbonyl (C=O) groups is 2. The third-order valence-electron chi connectivity index (χ3n) is 5.84. The molecule has 0 bridgehead atoms. The molecule has 2 aliphatic heterocycles. The van der Waals surface area contributed by atoms with Gasteiger partial charge in [0.25, 0.3) is 0 Å². The smallest absolute Gasteiger partial charge is 0.239 e. The Morgan fingerprint density at radius 2 is 1.76 bits per heavy atom. The van der Waals surface area contributed by atoms with Crippen LogP contribution in [-0.2, 0) is 9.59 Å². The van der Waals surface area contributed by atoms with Gasteiger partial charge in [0.1, 0.15) is 0 Å². The van der Waals surface area contributed by atoms with Crippen LogP contribution in [-0.4, -0.2) is 53.8 Å². The molecule has 5 heteroatoms. The maximum absolute atomic E-state index is 12.8. The molecule has 0 aliphatic carbocycles. The van der Waals surface area contributed by atoms with E-state index in [1.807, 2.05) is 11.8 Å². The van der Waals surface area contributed by atoms with Crippen LogP contribution in [0.15, 0.2) is 30.3 Å². The molecule has 1 aromatic rings. The number of amides is 2. The molecule has 0 radical (unpaired) electrons. The summed E-state index contributed by atoms with van der Waals surface area (Å²) in [4.78, 5) is 28.4. The molecule has 2 heterocycles. The van der Waals surface area contributed by atoms with Crippen LogP contribution in [0, 0.1) is 5.92 Å². The van der Waals surface area contributed by atoms with Crippen molar-refractivity contribution in [2.24, 2.45) is 11.7 Å². The van der Waals surface area contributed by atoms with Crippen LogP contribution in [0.4, 0.5) is 0 Å². The van der Waals surface area contributed by atoms with Gasteiger partial charge >= 0.3 is 0 Å². The number of carbonyl (C=O) groups excluding carboxylic acids is 2. The van der Waals surface area contributed by atoms with Crippen molar-refractivity contribution in [1.82, 2.24) is 9.80 Å². The van der Waals surface area contributed by atoms with Crippen LogP contribution in [0.3, 0.4) is 0 Å². The number of rotatable bonds is 4. The number of primary amides is 1. The molecule has 2 N–H and O–H groups in total. The quantitative estimate of drug-likeness (QED) is 0.909. The van der Waals surface area contributed by atoms with E-state index >= 15 is 0 Å². The largest absolute Gasteiger partial charge is 0.369 e. The summed E-state index contributed by atoms with van der Waals surface area (Å²) in [7, 11) is 0. The average molecular weight is 343 g/mol. The van der Waals surface area contributed by atoms with Crippen LogP contribution < -0.4 is 5.73 Å². The topological polar surface area (TPSA) is 66.6 Å². The predicted molar refractivity (Wildman–Crippen MR) is 98.0 cm³/mol. The van der Waals surface area contributed by atoms with Gasteiger partial charge in [-0.2, -0.15) is 0 Å². The van der Waals surface area contributed by atoms with Gasteiger partial charge in [0.15, 0.2) is 0 Å². The third-order valence-corrected chi connectivity index (χ3v) is 5.84. The van der Waals surface area contributed by atoms with Gasteiger partial charge in [0, 0.05) is 13.1 Å². The fourth-order valence-corrected chi connectivity index (χ4v) is 4.18. The summed E-state index contributed by atoms with van der Waals surface area (Å²) < 4.78 is 0. The van der Waals surface area contributed by atoms with Crippen molar-refractivity contribution in [3.8, 4) is 0 Å². The van der Waals surface area contributed by atoms with Gasteiger partial charge < -0.3 is 10.6 Å². The van der Waals surface area contributed by atoms with E-state index in [2.05, 4.69) is 35.2 Å². The van der Waals surface area contributed by atoms with Gasteiger partial charge in [-0.05, 0) is 57.2 Å². The van der Waals surface area contributed by atoms with Crippen molar-refractivity contribution in [3.63, 3.8) is 0 Å². The molecule has 0 saturated carbocycles. The highest BCUT2D eigenvalue weighted by atomic mass is 16.2. The Bertz CT molecular complexity index is 596. The standard InChI is InChI=1S/C20H29N3O2/c1-15(20(25)23-11-5-8-18(14-23)19(21)24)22-12-9-17(10-13-22)16-6-3-2-4-7-16/h2-4,6-7,15,17-18H,5,8-14H2,1H3,(H2,21,24). The zero-order valence-electron chi connectivity index (χ0n) is 15.1. The lowest BCUT2D eigenvalue weighted by Crippen LogP contribution is -2.53. The van der Waals surface area contributed by atoms with E-state index in [0.29, 0.717) is 12.5 Å². The van der Waals surface area contributed by atoms with Crippen molar-refractivity contribution in [1.29, 1.82) is 0 Å². The zero-order chi connectivity index (χ0) is 17.8. The summed E-state index contributed by atoms with van der Waals surface area (Å²) in [6, 6.07) is 10.5. The van der Waals surface area contributed by atoms with Crippen LogP contribution in [0.1, 0.15) is 44.1 Å². The van der Waals surface area contributed by atoms with Gasteiger partial charge in [-0.25, -0.2) is 0 Å². The molecule has 2 unspecified atom stereocenters. The van der Waals surface area contributed by atoms with E-state index in [1.165, 1.54) is 5.56 Å². The highest BCUT2D eigenvalue weighted by molar-refractivity contribution is 5.83. The first-order valence-corrected chi connectivity index (χ1v) is 9.43. The first-order chi connectivity index (χ1) is 12.1. The molecule has 5 nitrogen and oxygen atoms in total. The van der Waals surface area contributed by atoms with E-state index in [-0.39, 0.29) is 23.8 Å². The van der Waals surface area contributed by atoms with Crippen LogP contribution in [0.25, 0.3) is 0 Å². The van der Waals surface area contributed by atoms with Crippen molar-refractivity contribution in [2.45, 2.75) is 44.6 Å². The number of piperidine rings is 2. The Morgan fingerprint density at radius 3 is 2.40 bits per heavy atom. The van der Waals surface area contributed by atoms with Crippen molar-refractivity contribution >= 4 is 11.8 Å². The second-order valence-corrected chi connectivity index (χ2v) is 7.42. The minimum Gasteiger partial charge on any atom is -0.369 e. The molecular weight excluding hydrogens is 314 g/mol. The van der Waals surface area contributed by atoms with Crippen LogP contribution >= 0.6 is 0 Å². The Hall–Kier alpha value is -1.88. The van der Waals surface area contributed by atoms with Crippen molar-refractivity contribution < 1.29 is 9.59 Å². The van der Waals surface area contributed by atoms with Crippen molar-refractivity contribution in [2.75, 3.05) is 26.2 Å². The lowest BCUT2D eigenvalue weighted by atomic mass is 9.89. The van der Waals surface area contributed by atoms with Gasteiger partial charge in [-0.15, -0.1) is 0 Å². The maximum atomic E-state index is 12.8. The lowest BCUT2D eigenvalue weighted by molar-refractivity contribution is -0.140. The Balaban J connectivity index is 1.54. The highest BCUT2D eigenvalue weighted by Gasteiger charge is 2.33. The van der Waals surface area contributed by atoms with Gasteiger partial charge in [0.2, 0.25) is 11.8 Å². The number of likely N-dealkylation sites (tertiary alicyclic amines) is 2. The lowest BCUT2D eigenvalue weighted by Gasteiger charge is -2.39. The molecule has 2 aliphatic rings. The van der Waals surface area contributed by atoms with E-state index in [4.69, 9.17) is 5.73 Å². The second-order valence-electron chi connectivity index (χ2n) is 7.42. The minimum absolute atomic E-state index is 0.122. The molecule has 25 heavy (non-hydrogen) atoms. The monoisotopic (exact) mass is 343 g/mol. The fraction of sp³-hybridized carbons (Fsp3) is 0.600. The molecule has 2 fully saturated rings. The summed E-state index contributed by atoms with van der Waals surface area (Å²) in [6.07, 6.45) is 3.84. The summed E-state index contributed by atoms with van der Waals surface area (Å²) >= 11 is 0. The van der Waals surface area contributed by atoms with E-state index in [9.17, 15) is 9.59 Å². The summed E-state index contributed by atoms with van der Waals surface area (Å²) in [6.45, 7) is 5.12. The molecule has 1 aromatic carbocycles. The number of hydrogen-bond acceptors (Lipinski definition) is 3. The first kappa shape index (κ1) is 17.9. The maximum Gasteiger partial charge on any atom is 0.239 e. The zero-order valence-corrected chi connectivity index (χ0v) is 15.1. The molecule has 136 valence electrons. The van der Waals surface area contributed by atoms with Gasteiger partial charge in [-0.1, -0.05) is 30.3 Å². The number of nitrogens with zero attached hydrogens (tertiary/aromatic N) is 2. The number of benzene rings is 1. The summed E-state index contributed by atoms with van der Waals surface area (Å²) in [5.41, 5.74) is 6.84. The molecule has 3 rings (SSSR count). The highest BCUT2D eigenvalue weighted by Crippen LogP contribution is 2.29. The SMILES string of the molecule is CC(C(=O)N1CCCC(C(N)=O)C1)N1CCC(c2ccccc2)CC1. The normalized spacial score (nSPS) is 24.0. The van der Waals surface area contributed by atoms with E-state index < -0.39 is 0 Å². The minimum atomic E-state index is -0.283. The molecule has 2 amide bonds. The molecular formula is C20H29N3O2. The Kier molecular flexibility index (Phi) is 5.74. The third kappa shape index (κ3) is 4.21.